The number of amides is 1. The third-order valence-corrected chi connectivity index (χ3v) is 2.96. The molecule has 1 N–H and O–H groups in total. The predicted molar refractivity (Wildman–Crippen MR) is 69.5 cm³/mol. The second-order valence-electron chi connectivity index (χ2n) is 3.78. The van der Waals surface area contributed by atoms with Crippen LogP contribution in [0.5, 0.6) is 0 Å². The third kappa shape index (κ3) is 2.11. The Morgan fingerprint density at radius 1 is 1.35 bits per heavy atom. The van der Waals surface area contributed by atoms with Gasteiger partial charge in [0.25, 0.3) is 5.91 Å². The van der Waals surface area contributed by atoms with Crippen LogP contribution in [-0.2, 0) is 0 Å². The van der Waals surface area contributed by atoms with E-state index in [9.17, 15) is 4.79 Å². The molecule has 88 valence electrons. The van der Waals surface area contributed by atoms with Crippen LogP contribution in [0.25, 0.3) is 10.8 Å². The first kappa shape index (κ1) is 11.9. The van der Waals surface area contributed by atoms with Gasteiger partial charge in [-0.05, 0) is 24.8 Å². The van der Waals surface area contributed by atoms with Gasteiger partial charge < -0.3 is 5.32 Å². The van der Waals surface area contributed by atoms with E-state index in [-0.39, 0.29) is 5.91 Å². The van der Waals surface area contributed by atoms with Crippen molar-refractivity contribution in [2.75, 3.05) is 6.54 Å². The molecule has 0 saturated heterocycles. The molecule has 2 aromatic rings. The van der Waals surface area contributed by atoms with Crippen molar-refractivity contribution in [1.29, 1.82) is 0 Å². The molecule has 17 heavy (non-hydrogen) atoms. The van der Waals surface area contributed by atoms with Crippen molar-refractivity contribution in [1.82, 2.24) is 10.3 Å². The van der Waals surface area contributed by atoms with Crippen LogP contribution in [0.1, 0.15) is 23.0 Å². The lowest BCUT2D eigenvalue weighted by atomic mass is 10.1. The molecular formula is C13H13ClN2O. The largest absolute Gasteiger partial charge is 0.351 e. The van der Waals surface area contributed by atoms with Gasteiger partial charge >= 0.3 is 0 Å². The molecule has 0 saturated carbocycles. The van der Waals surface area contributed by atoms with Crippen molar-refractivity contribution in [3.8, 4) is 0 Å². The smallest absolute Gasteiger partial charge is 0.270 e. The second kappa shape index (κ2) is 4.72. The average molecular weight is 249 g/mol. The van der Waals surface area contributed by atoms with Gasteiger partial charge in [-0.2, -0.15) is 0 Å². The van der Waals surface area contributed by atoms with Gasteiger partial charge in [0.05, 0.1) is 0 Å². The quantitative estimate of drug-likeness (QED) is 0.831. The molecule has 3 nitrogen and oxygen atoms in total. The summed E-state index contributed by atoms with van der Waals surface area (Å²) in [6, 6.07) is 7.68. The number of hydrogen-bond acceptors (Lipinski definition) is 2. The van der Waals surface area contributed by atoms with E-state index in [0.29, 0.717) is 17.4 Å². The molecule has 2 rings (SSSR count). The zero-order valence-electron chi connectivity index (χ0n) is 9.75. The summed E-state index contributed by atoms with van der Waals surface area (Å²) < 4.78 is 0. The lowest BCUT2D eigenvalue weighted by Crippen LogP contribution is -2.24. The van der Waals surface area contributed by atoms with Crippen LogP contribution in [0.2, 0.25) is 5.15 Å². The highest BCUT2D eigenvalue weighted by atomic mass is 35.5. The van der Waals surface area contributed by atoms with Gasteiger partial charge in [-0.25, -0.2) is 4.98 Å². The first-order valence-electron chi connectivity index (χ1n) is 5.48. The topological polar surface area (TPSA) is 42.0 Å². The summed E-state index contributed by atoms with van der Waals surface area (Å²) in [6.07, 6.45) is 0. The maximum atomic E-state index is 11.8. The number of aromatic nitrogens is 1. The van der Waals surface area contributed by atoms with E-state index in [1.54, 1.807) is 0 Å². The van der Waals surface area contributed by atoms with E-state index < -0.39 is 0 Å². The number of nitrogens with zero attached hydrogens (tertiary/aromatic N) is 1. The highest BCUT2D eigenvalue weighted by Crippen LogP contribution is 2.26. The number of carbonyl (C=O) groups is 1. The van der Waals surface area contributed by atoms with Crippen LogP contribution < -0.4 is 5.32 Å². The number of aryl methyl sites for hydroxylation is 1. The van der Waals surface area contributed by atoms with Gasteiger partial charge in [-0.1, -0.05) is 35.9 Å². The van der Waals surface area contributed by atoms with Crippen LogP contribution in [0.15, 0.2) is 24.3 Å². The lowest BCUT2D eigenvalue weighted by molar-refractivity contribution is 0.0950. The Bertz CT molecular complexity index is 581. The molecule has 0 bridgehead atoms. The second-order valence-corrected chi connectivity index (χ2v) is 4.14. The molecule has 1 amide bonds. The number of hydrogen-bond donors (Lipinski definition) is 1. The van der Waals surface area contributed by atoms with Crippen molar-refractivity contribution in [2.24, 2.45) is 0 Å². The van der Waals surface area contributed by atoms with Crippen LogP contribution in [-0.4, -0.2) is 17.4 Å². The van der Waals surface area contributed by atoms with Gasteiger partial charge in [0.15, 0.2) is 0 Å². The van der Waals surface area contributed by atoms with Crippen molar-refractivity contribution in [3.05, 3.63) is 40.7 Å². The molecule has 4 heteroatoms. The molecule has 0 aliphatic heterocycles. The Morgan fingerprint density at radius 2 is 2.00 bits per heavy atom. The molecule has 0 aliphatic rings. The van der Waals surface area contributed by atoms with Gasteiger partial charge in [0.2, 0.25) is 0 Å². The summed E-state index contributed by atoms with van der Waals surface area (Å²) in [5, 5.41) is 4.94. The van der Waals surface area contributed by atoms with E-state index in [1.165, 1.54) is 0 Å². The van der Waals surface area contributed by atoms with Gasteiger partial charge in [-0.15, -0.1) is 0 Å². The molecule has 0 atom stereocenters. The van der Waals surface area contributed by atoms with E-state index >= 15 is 0 Å². The summed E-state index contributed by atoms with van der Waals surface area (Å²) in [5.74, 6) is -0.183. The molecular weight excluding hydrogens is 236 g/mol. The normalized spacial score (nSPS) is 10.5. The van der Waals surface area contributed by atoms with Gasteiger partial charge in [0, 0.05) is 11.9 Å². The fourth-order valence-corrected chi connectivity index (χ4v) is 2.07. The minimum atomic E-state index is -0.183. The number of halogens is 1. The fraction of sp³-hybridized carbons (Fsp3) is 0.231. The molecule has 0 radical (unpaired) electrons. The van der Waals surface area contributed by atoms with E-state index in [2.05, 4.69) is 10.3 Å². The molecule has 1 aromatic heterocycles. The summed E-state index contributed by atoms with van der Waals surface area (Å²) in [4.78, 5) is 16.0. The molecule has 0 fully saturated rings. The highest BCUT2D eigenvalue weighted by molar-refractivity contribution is 6.34. The van der Waals surface area contributed by atoms with E-state index in [0.717, 1.165) is 16.3 Å². The SMILES string of the molecule is CCNC(=O)c1nc(Cl)c2ccccc2c1C. The minimum absolute atomic E-state index is 0.183. The summed E-state index contributed by atoms with van der Waals surface area (Å²) in [7, 11) is 0. The van der Waals surface area contributed by atoms with Crippen LogP contribution in [0, 0.1) is 6.92 Å². The van der Waals surface area contributed by atoms with Crippen molar-refractivity contribution in [3.63, 3.8) is 0 Å². The lowest BCUT2D eigenvalue weighted by Gasteiger charge is -2.09. The van der Waals surface area contributed by atoms with E-state index in [4.69, 9.17) is 11.6 Å². The zero-order chi connectivity index (χ0) is 12.4. The Labute approximate surface area is 105 Å². The number of rotatable bonds is 2. The van der Waals surface area contributed by atoms with Crippen molar-refractivity contribution in [2.45, 2.75) is 13.8 Å². The van der Waals surface area contributed by atoms with Crippen LogP contribution in [0.3, 0.4) is 0 Å². The summed E-state index contributed by atoms with van der Waals surface area (Å²) >= 11 is 6.09. The first-order chi connectivity index (χ1) is 8.15. The third-order valence-electron chi connectivity index (χ3n) is 2.67. The van der Waals surface area contributed by atoms with E-state index in [1.807, 2.05) is 38.1 Å². The predicted octanol–water partition coefficient (Wildman–Crippen LogP) is 2.95. The molecule has 1 heterocycles. The summed E-state index contributed by atoms with van der Waals surface area (Å²) in [6.45, 7) is 4.33. The Morgan fingerprint density at radius 3 is 2.65 bits per heavy atom. The molecule has 0 aliphatic carbocycles. The van der Waals surface area contributed by atoms with Gasteiger partial charge in [-0.3, -0.25) is 4.79 Å². The molecule has 0 spiro atoms. The Kier molecular flexibility index (Phi) is 3.29. The zero-order valence-corrected chi connectivity index (χ0v) is 10.5. The highest BCUT2D eigenvalue weighted by Gasteiger charge is 2.14. The average Bonchev–Trinajstić information content (AvgIpc) is 2.34. The standard InChI is InChI=1S/C13H13ClN2O/c1-3-15-13(17)11-8(2)9-6-4-5-7-10(9)12(14)16-11/h4-7H,3H2,1-2H3,(H,15,17). The minimum Gasteiger partial charge on any atom is -0.351 e. The monoisotopic (exact) mass is 248 g/mol. The van der Waals surface area contributed by atoms with Crippen LogP contribution in [0.4, 0.5) is 0 Å². The number of pyridine rings is 1. The van der Waals surface area contributed by atoms with Crippen molar-refractivity contribution >= 4 is 28.3 Å². The maximum Gasteiger partial charge on any atom is 0.270 e. The first-order valence-corrected chi connectivity index (χ1v) is 5.86. The number of carbonyl (C=O) groups excluding carboxylic acids is 1. The van der Waals surface area contributed by atoms with Crippen molar-refractivity contribution < 1.29 is 4.79 Å². The number of benzene rings is 1. The molecule has 1 aromatic carbocycles. The molecule has 0 unspecified atom stereocenters. The maximum absolute atomic E-state index is 11.8. The van der Waals surface area contributed by atoms with Crippen LogP contribution >= 0.6 is 11.6 Å². The Balaban J connectivity index is 2.67. The number of fused-ring (bicyclic) bond motifs is 1. The fourth-order valence-electron chi connectivity index (χ4n) is 1.83. The van der Waals surface area contributed by atoms with Gasteiger partial charge in [0.1, 0.15) is 10.8 Å². The Hall–Kier alpha value is -1.61. The number of nitrogens with one attached hydrogen (secondary N) is 1. The summed E-state index contributed by atoms with van der Waals surface area (Å²) in [5.41, 5.74) is 1.26.